The molecule has 7 aromatic rings. The number of fused-ring (bicyclic) bond motifs is 7. The number of aromatic hydroxyl groups is 5. The van der Waals surface area contributed by atoms with Crippen molar-refractivity contribution in [3.8, 4) is 28.7 Å². The van der Waals surface area contributed by atoms with E-state index in [2.05, 4.69) is 125 Å². The Balaban J connectivity index is 0.818. The molecule has 4 heterocycles. The van der Waals surface area contributed by atoms with Crippen LogP contribution in [0.3, 0.4) is 0 Å². The number of imidazole rings is 1. The summed E-state index contributed by atoms with van der Waals surface area (Å²) in [5.74, 6) is 0.380. The lowest BCUT2D eigenvalue weighted by molar-refractivity contribution is -0.217. The molecule has 8 aliphatic rings. The van der Waals surface area contributed by atoms with Gasteiger partial charge in [-0.25, -0.2) is 4.98 Å². The number of aliphatic hydroxyl groups excluding tert-OH is 1. The van der Waals surface area contributed by atoms with Crippen LogP contribution in [0.15, 0.2) is 158 Å². The molecular formula is C75H83N5O6. The summed E-state index contributed by atoms with van der Waals surface area (Å²) >= 11 is 0. The van der Waals surface area contributed by atoms with Crippen LogP contribution >= 0.6 is 0 Å². The quantitative estimate of drug-likeness (QED) is 0.0217. The van der Waals surface area contributed by atoms with Crippen LogP contribution in [0, 0.1) is 39.9 Å². The molecule has 86 heavy (non-hydrogen) atoms. The minimum absolute atomic E-state index is 0.00131. The van der Waals surface area contributed by atoms with Gasteiger partial charge in [0.1, 0.15) is 5.75 Å². The molecule has 11 heteroatoms. The summed E-state index contributed by atoms with van der Waals surface area (Å²) in [7, 11) is 0. The van der Waals surface area contributed by atoms with Crippen molar-refractivity contribution in [2.75, 3.05) is 13.1 Å². The fourth-order valence-corrected chi connectivity index (χ4v) is 20.5. The number of aryl methyl sites for hydroxylation is 2. The molecule has 5 aliphatic carbocycles. The Morgan fingerprint density at radius 2 is 1.48 bits per heavy atom. The lowest BCUT2D eigenvalue weighted by atomic mass is 9.31. The van der Waals surface area contributed by atoms with E-state index in [-0.39, 0.29) is 86.4 Å². The van der Waals surface area contributed by atoms with Gasteiger partial charge in [-0.2, -0.15) is 0 Å². The smallest absolute Gasteiger partial charge is 0.169 e. The Morgan fingerprint density at radius 3 is 2.29 bits per heavy atom. The van der Waals surface area contributed by atoms with Gasteiger partial charge in [0.2, 0.25) is 0 Å². The van der Waals surface area contributed by atoms with Gasteiger partial charge in [0.25, 0.3) is 0 Å². The van der Waals surface area contributed by atoms with Gasteiger partial charge in [0, 0.05) is 65.4 Å². The minimum atomic E-state index is -0.563. The van der Waals surface area contributed by atoms with Gasteiger partial charge in [-0.05, 0) is 193 Å². The van der Waals surface area contributed by atoms with Crippen molar-refractivity contribution >= 4 is 22.9 Å². The molecule has 10 N–H and O–H groups in total. The number of aliphatic hydroxyl groups is 1. The van der Waals surface area contributed by atoms with E-state index >= 15 is 0 Å². The largest absolute Gasteiger partial charge is 0.507 e. The molecule has 15 rings (SSSR count). The van der Waals surface area contributed by atoms with E-state index in [4.69, 9.17) is 10.3 Å². The van der Waals surface area contributed by atoms with Crippen LogP contribution in [0.1, 0.15) is 140 Å². The molecule has 6 aromatic carbocycles. The molecule has 3 aliphatic heterocycles. The van der Waals surface area contributed by atoms with E-state index in [0.717, 1.165) is 57.2 Å². The highest BCUT2D eigenvalue weighted by atomic mass is 16.3. The monoisotopic (exact) mass is 1150 g/mol. The zero-order valence-electron chi connectivity index (χ0n) is 49.2. The molecule has 4 saturated carbocycles. The van der Waals surface area contributed by atoms with E-state index in [0.29, 0.717) is 52.7 Å². The zero-order chi connectivity index (χ0) is 58.4. The molecule has 3 spiro atoms. The van der Waals surface area contributed by atoms with E-state index in [1.165, 1.54) is 97.5 Å². The van der Waals surface area contributed by atoms with Crippen LogP contribution in [0.2, 0.25) is 0 Å². The molecule has 444 valence electrons. The number of nitrogens with zero attached hydrogens (tertiary/aromatic N) is 1. The Kier molecular flexibility index (Phi) is 14.1. The van der Waals surface area contributed by atoms with Crippen molar-refractivity contribution in [3.05, 3.63) is 202 Å². The van der Waals surface area contributed by atoms with Crippen molar-refractivity contribution in [2.45, 2.75) is 144 Å². The summed E-state index contributed by atoms with van der Waals surface area (Å²) < 4.78 is 0. The Hall–Kier alpha value is -7.15. The summed E-state index contributed by atoms with van der Waals surface area (Å²) in [5.41, 5.74) is 9.22. The van der Waals surface area contributed by atoms with Gasteiger partial charge >= 0.3 is 0 Å². The number of hydrogen-bond acceptors (Lipinski definition) is 10. The third-order valence-electron chi connectivity index (χ3n) is 23.9. The number of hydrogen-bond donors (Lipinski definition) is 10. The number of rotatable bonds is 14. The topological polar surface area (TPSA) is 186 Å². The Bertz CT molecular complexity index is 3740. The van der Waals surface area contributed by atoms with Gasteiger partial charge in [-0.3, -0.25) is 0 Å². The molecule has 14 unspecified atom stereocenters. The first-order valence-electron chi connectivity index (χ1n) is 32.3. The first-order chi connectivity index (χ1) is 42.0. The fraction of sp³-hybridized carbons (Fsp3) is 0.427. The van der Waals surface area contributed by atoms with E-state index < -0.39 is 11.5 Å². The normalized spacial score (nSPS) is 33.2. The van der Waals surface area contributed by atoms with E-state index in [9.17, 15) is 30.6 Å². The Morgan fingerprint density at radius 1 is 0.674 bits per heavy atom. The maximum absolute atomic E-state index is 13.2. The standard InChI is InChI=1S/C75H83N5O6/c81-62-30-24-48(37-65(62)84)23-28-54-55-18-7-19-63(82)67(55)69(86)68(85)56(54)29-22-47-20-25-50(26-21-47)59-40-72(41-60-51(43-76-36-10-13-46-11-3-1-4-12-46)38-57(61(42-72)79-60)49-14-5-2-6-15-49)58-39-53-17-9-33-74(53)35-34-73-32-8-16-52(73)27-31-64(83)70(73)75(74,71(58)80-59)66-44-77-45-78-66/h1-7,11-12,14-15,18-21,23-28,30-31,37-38,44-45,52-53,57-61,64,70-71,76,79-86H,8-10,13,16-17,22,29,32-36,39-43H2,(H,77,78). The van der Waals surface area contributed by atoms with E-state index in [1.54, 1.807) is 18.2 Å². The van der Waals surface area contributed by atoms with Crippen molar-refractivity contribution in [2.24, 2.45) is 39.9 Å². The number of phenols is 5. The van der Waals surface area contributed by atoms with Gasteiger partial charge < -0.3 is 51.6 Å². The molecule has 6 fully saturated rings. The average Bonchev–Trinajstić information content (AvgIpc) is 1.20. The number of phenolic OH excluding ortho intramolecular Hbond substituents is 5. The summed E-state index contributed by atoms with van der Waals surface area (Å²) in [4.78, 5) is 8.89. The average molecular weight is 1150 g/mol. The molecule has 2 bridgehead atoms. The van der Waals surface area contributed by atoms with Crippen LogP contribution in [0.25, 0.3) is 22.9 Å². The number of nitrogens with one attached hydrogen (secondary N) is 4. The van der Waals surface area contributed by atoms with Crippen LogP contribution < -0.4 is 16.0 Å². The first-order valence-corrected chi connectivity index (χ1v) is 32.3. The molecule has 0 amide bonds. The van der Waals surface area contributed by atoms with Gasteiger partial charge in [0.05, 0.1) is 17.8 Å². The highest BCUT2D eigenvalue weighted by molar-refractivity contribution is 6.03. The van der Waals surface area contributed by atoms with Crippen LogP contribution in [0.5, 0.6) is 28.7 Å². The third-order valence-corrected chi connectivity index (χ3v) is 23.9. The Labute approximate surface area is 505 Å². The fourth-order valence-electron chi connectivity index (χ4n) is 20.5. The molecule has 2 saturated heterocycles. The lowest BCUT2D eigenvalue weighted by Crippen LogP contribution is -2.78. The highest BCUT2D eigenvalue weighted by Gasteiger charge is 2.78. The van der Waals surface area contributed by atoms with Gasteiger partial charge in [-0.15, -0.1) is 0 Å². The number of aromatic nitrogens is 2. The maximum Gasteiger partial charge on any atom is 0.169 e. The molecule has 1 aromatic heterocycles. The maximum atomic E-state index is 13.2. The third kappa shape index (κ3) is 8.90. The van der Waals surface area contributed by atoms with Gasteiger partial charge in [0.15, 0.2) is 23.0 Å². The van der Waals surface area contributed by atoms with Crippen molar-refractivity contribution in [1.82, 2.24) is 25.9 Å². The molecule has 11 nitrogen and oxygen atoms in total. The number of allylic oxidation sites excluding steroid dienone is 1. The van der Waals surface area contributed by atoms with E-state index in [1.807, 2.05) is 18.5 Å². The van der Waals surface area contributed by atoms with Crippen molar-refractivity contribution < 1.29 is 30.6 Å². The number of benzene rings is 6. The first kappa shape index (κ1) is 55.4. The second kappa shape index (κ2) is 21.9. The van der Waals surface area contributed by atoms with Crippen LogP contribution in [-0.4, -0.2) is 77.9 Å². The predicted molar refractivity (Wildman–Crippen MR) is 339 cm³/mol. The summed E-state index contributed by atoms with van der Waals surface area (Å²) in [6.45, 7) is 1.80. The van der Waals surface area contributed by atoms with Crippen LogP contribution in [0.4, 0.5) is 0 Å². The molecule has 0 radical (unpaired) electrons. The summed E-state index contributed by atoms with van der Waals surface area (Å²) in [6.07, 6.45) is 31.5. The minimum Gasteiger partial charge on any atom is -0.507 e. The highest BCUT2D eigenvalue weighted by Crippen LogP contribution is 2.79. The number of H-pyrrole nitrogens is 1. The second-order valence-corrected chi connectivity index (χ2v) is 27.6. The lowest BCUT2D eigenvalue weighted by Gasteiger charge is -2.75. The summed E-state index contributed by atoms with van der Waals surface area (Å²) in [6, 6.07) is 41.6. The van der Waals surface area contributed by atoms with Crippen molar-refractivity contribution in [3.63, 3.8) is 0 Å². The number of aromatic amines is 1. The number of piperidine rings is 2. The zero-order valence-corrected chi connectivity index (χ0v) is 49.2. The van der Waals surface area contributed by atoms with Gasteiger partial charge in [-0.1, -0.05) is 146 Å². The second-order valence-electron chi connectivity index (χ2n) is 27.6. The molecular weight excluding hydrogens is 1070 g/mol. The summed E-state index contributed by atoms with van der Waals surface area (Å²) in [5, 5.41) is 81.6. The van der Waals surface area contributed by atoms with Crippen LogP contribution in [-0.2, 0) is 24.7 Å². The van der Waals surface area contributed by atoms with Crippen molar-refractivity contribution in [1.29, 1.82) is 0 Å². The predicted octanol–water partition coefficient (Wildman–Crippen LogP) is 13.4. The SMILES string of the molecule is Oc1ccc(C=Cc2c(CCc3ccc(C4CC5(CC6NC(C5)C(c5ccccc5)C=C6CNCCCc5ccccc5)C5CC6CCCC67CCC68CCCC6C=CC(O)C8C7(c6cnc[nH]6)C5N4)cc3)c(O)c(O)c3c(O)cccc23)cc1O. The molecule has 14 atom stereocenters.